The normalized spacial score (nSPS) is 15.2. The number of ether oxygens (including phenoxy) is 1. The van der Waals surface area contributed by atoms with Crippen molar-refractivity contribution in [2.75, 3.05) is 11.9 Å². The van der Waals surface area contributed by atoms with Gasteiger partial charge in [-0.3, -0.25) is 9.59 Å². The first-order chi connectivity index (χ1) is 9.27. The van der Waals surface area contributed by atoms with Gasteiger partial charge in [0.05, 0.1) is 5.69 Å². The minimum absolute atomic E-state index is 0.0489. The molecule has 0 aromatic heterocycles. The fourth-order valence-electron chi connectivity index (χ4n) is 1.53. The molecule has 0 bridgehead atoms. The van der Waals surface area contributed by atoms with Crippen molar-refractivity contribution in [3.8, 4) is 5.75 Å². The minimum atomic E-state index is -5.06. The van der Waals surface area contributed by atoms with Crippen LogP contribution in [0.4, 0.5) is 18.9 Å². The monoisotopic (exact) mass is 287 g/mol. The van der Waals surface area contributed by atoms with Crippen molar-refractivity contribution in [1.29, 1.82) is 0 Å². The highest BCUT2D eigenvalue weighted by molar-refractivity contribution is 6.00. The van der Waals surface area contributed by atoms with Gasteiger partial charge in [0.15, 0.2) is 6.61 Å². The molecule has 0 aliphatic carbocycles. The molecule has 0 saturated carbocycles. The molecule has 106 valence electrons. The van der Waals surface area contributed by atoms with Crippen molar-refractivity contribution in [2.24, 2.45) is 0 Å². The van der Waals surface area contributed by atoms with Gasteiger partial charge in [-0.15, -0.1) is 0 Å². The van der Waals surface area contributed by atoms with E-state index in [-0.39, 0.29) is 23.9 Å². The van der Waals surface area contributed by atoms with Crippen LogP contribution in [0.5, 0.6) is 5.75 Å². The number of carbonyl (C=O) groups excluding carboxylic acids is 2. The summed E-state index contributed by atoms with van der Waals surface area (Å²) >= 11 is 0. The smallest absolute Gasteiger partial charge is 0.454 e. The van der Waals surface area contributed by atoms with Gasteiger partial charge in [0.1, 0.15) is 11.5 Å². The Morgan fingerprint density at radius 3 is 2.75 bits per heavy atom. The molecule has 0 radical (unpaired) electrons. The molecular weight excluding hydrogens is 279 g/mol. The zero-order chi connectivity index (χ0) is 14.9. The summed E-state index contributed by atoms with van der Waals surface area (Å²) in [6, 6.07) is 3.85. The maximum absolute atomic E-state index is 12.1. The molecule has 0 atom stereocenters. The number of anilines is 1. The molecule has 8 heteroatoms. The number of carbonyl (C=O) groups is 2. The summed E-state index contributed by atoms with van der Waals surface area (Å²) in [6.07, 6.45) is -4.98. The van der Waals surface area contributed by atoms with Crippen LogP contribution in [-0.2, 0) is 9.59 Å². The highest BCUT2D eigenvalue weighted by atomic mass is 19.4. The summed E-state index contributed by atoms with van der Waals surface area (Å²) in [7, 11) is 0. The Labute approximate surface area is 110 Å². The van der Waals surface area contributed by atoms with Crippen LogP contribution in [0, 0.1) is 0 Å². The number of ketones is 1. The fourth-order valence-corrected chi connectivity index (χ4v) is 1.53. The van der Waals surface area contributed by atoms with E-state index >= 15 is 0 Å². The van der Waals surface area contributed by atoms with Crippen molar-refractivity contribution >= 4 is 23.1 Å². The van der Waals surface area contributed by atoms with E-state index in [0.717, 1.165) is 0 Å². The molecule has 0 spiro atoms. The van der Waals surface area contributed by atoms with Crippen LogP contribution in [0.3, 0.4) is 0 Å². The Kier molecular flexibility index (Phi) is 3.39. The van der Waals surface area contributed by atoms with E-state index < -0.39 is 23.6 Å². The van der Waals surface area contributed by atoms with Crippen LogP contribution in [0.2, 0.25) is 0 Å². The third-order valence-corrected chi connectivity index (χ3v) is 2.46. The van der Waals surface area contributed by atoms with Crippen LogP contribution < -0.4 is 10.1 Å². The van der Waals surface area contributed by atoms with Gasteiger partial charge >= 0.3 is 6.18 Å². The predicted octanol–water partition coefficient (Wildman–Crippen LogP) is 2.05. The summed E-state index contributed by atoms with van der Waals surface area (Å²) in [5.74, 6) is -3.13. The number of hydrogen-bond donors (Lipinski definition) is 2. The quantitative estimate of drug-likeness (QED) is 0.644. The fraction of sp³-hybridized carbons (Fsp3) is 0.167. The number of aliphatic hydroxyl groups excluding tert-OH is 1. The lowest BCUT2D eigenvalue weighted by atomic mass is 10.1. The number of nitrogens with one attached hydrogen (secondary N) is 1. The molecule has 0 fully saturated rings. The molecule has 2 rings (SSSR count). The Bertz CT molecular complexity index is 607. The second-order valence-corrected chi connectivity index (χ2v) is 3.94. The summed E-state index contributed by atoms with van der Waals surface area (Å²) in [5.41, 5.74) is 0.158. The lowest BCUT2D eigenvalue weighted by Crippen LogP contribution is -2.25. The summed E-state index contributed by atoms with van der Waals surface area (Å²) < 4.78 is 41.2. The Morgan fingerprint density at radius 2 is 2.10 bits per heavy atom. The molecule has 1 aromatic carbocycles. The van der Waals surface area contributed by atoms with Crippen molar-refractivity contribution in [1.82, 2.24) is 0 Å². The molecule has 1 heterocycles. The van der Waals surface area contributed by atoms with E-state index in [9.17, 15) is 27.9 Å². The average Bonchev–Trinajstić information content (AvgIpc) is 2.36. The standard InChI is InChI=1S/C12H8F3NO4/c13-12(14,15)10(18)4-8(17)6-1-2-9-7(3-6)16-11(19)5-20-9/h1-4,17H,5H2,(H,16,19). The van der Waals surface area contributed by atoms with E-state index in [1.165, 1.54) is 18.2 Å². The summed E-state index contributed by atoms with van der Waals surface area (Å²) in [6.45, 7) is -0.166. The molecule has 1 aromatic rings. The summed E-state index contributed by atoms with van der Waals surface area (Å²) in [5, 5.41) is 11.9. The molecule has 5 nitrogen and oxygen atoms in total. The molecule has 20 heavy (non-hydrogen) atoms. The van der Waals surface area contributed by atoms with Gasteiger partial charge in [-0.25, -0.2) is 0 Å². The number of allylic oxidation sites excluding steroid dienone is 1. The minimum Gasteiger partial charge on any atom is -0.507 e. The second kappa shape index (κ2) is 4.87. The number of amides is 1. The molecule has 1 amide bonds. The average molecular weight is 287 g/mol. The lowest BCUT2D eigenvalue weighted by molar-refractivity contribution is -0.165. The van der Waals surface area contributed by atoms with E-state index in [2.05, 4.69) is 5.32 Å². The van der Waals surface area contributed by atoms with E-state index in [1.807, 2.05) is 0 Å². The van der Waals surface area contributed by atoms with Crippen molar-refractivity contribution in [2.45, 2.75) is 6.18 Å². The number of halogens is 3. The number of alkyl halides is 3. The first kappa shape index (κ1) is 13.9. The second-order valence-electron chi connectivity index (χ2n) is 3.94. The van der Waals surface area contributed by atoms with Gasteiger partial charge in [0.2, 0.25) is 0 Å². The zero-order valence-electron chi connectivity index (χ0n) is 9.82. The lowest BCUT2D eigenvalue weighted by Gasteiger charge is -2.18. The Hall–Kier alpha value is -2.51. The number of aliphatic hydroxyl groups is 1. The molecule has 1 aliphatic rings. The Morgan fingerprint density at radius 1 is 1.40 bits per heavy atom. The van der Waals surface area contributed by atoms with Gasteiger partial charge in [0.25, 0.3) is 11.7 Å². The highest BCUT2D eigenvalue weighted by Crippen LogP contribution is 2.30. The number of rotatable bonds is 2. The first-order valence-electron chi connectivity index (χ1n) is 5.36. The number of fused-ring (bicyclic) bond motifs is 1. The van der Waals surface area contributed by atoms with Crippen molar-refractivity contribution in [3.05, 3.63) is 29.8 Å². The van der Waals surface area contributed by atoms with Crippen molar-refractivity contribution in [3.63, 3.8) is 0 Å². The molecule has 0 saturated heterocycles. The van der Waals surface area contributed by atoms with E-state index in [4.69, 9.17) is 4.74 Å². The van der Waals surface area contributed by atoms with Crippen LogP contribution >= 0.6 is 0 Å². The SMILES string of the molecule is O=C1COc2ccc(C(O)=CC(=O)C(F)(F)F)cc2N1. The Balaban J connectivity index is 2.30. The van der Waals surface area contributed by atoms with Crippen molar-refractivity contribution < 1.29 is 32.6 Å². The molecule has 2 N–H and O–H groups in total. The van der Waals surface area contributed by atoms with Gasteiger partial charge < -0.3 is 15.2 Å². The van der Waals surface area contributed by atoms with Gasteiger partial charge in [-0.05, 0) is 18.2 Å². The molecular formula is C12H8F3NO4. The highest BCUT2D eigenvalue weighted by Gasteiger charge is 2.37. The van der Waals surface area contributed by atoms with Crippen LogP contribution in [0.25, 0.3) is 5.76 Å². The first-order valence-corrected chi connectivity index (χ1v) is 5.36. The van der Waals surface area contributed by atoms with Gasteiger partial charge in [0, 0.05) is 11.6 Å². The number of benzene rings is 1. The maximum Gasteiger partial charge on any atom is 0.454 e. The van der Waals surface area contributed by atoms with Crippen LogP contribution in [0.1, 0.15) is 5.56 Å². The van der Waals surface area contributed by atoms with Crippen LogP contribution in [0.15, 0.2) is 24.3 Å². The summed E-state index contributed by atoms with van der Waals surface area (Å²) in [4.78, 5) is 21.8. The zero-order valence-corrected chi connectivity index (χ0v) is 9.82. The van der Waals surface area contributed by atoms with Gasteiger partial charge in [-0.2, -0.15) is 13.2 Å². The largest absolute Gasteiger partial charge is 0.507 e. The van der Waals surface area contributed by atoms with Crippen LogP contribution in [-0.4, -0.2) is 29.6 Å². The number of hydrogen-bond acceptors (Lipinski definition) is 4. The van der Waals surface area contributed by atoms with E-state index in [1.54, 1.807) is 0 Å². The third kappa shape index (κ3) is 2.90. The maximum atomic E-state index is 12.1. The third-order valence-electron chi connectivity index (χ3n) is 2.46. The van der Waals surface area contributed by atoms with E-state index in [0.29, 0.717) is 5.75 Å². The van der Waals surface area contributed by atoms with Gasteiger partial charge in [-0.1, -0.05) is 0 Å². The topological polar surface area (TPSA) is 75.6 Å². The molecule has 1 aliphatic heterocycles. The molecule has 0 unspecified atom stereocenters. The predicted molar refractivity (Wildman–Crippen MR) is 62.2 cm³/mol.